The molecule has 0 aromatic heterocycles. The summed E-state index contributed by atoms with van der Waals surface area (Å²) in [7, 11) is 8.48. The molecule has 0 fully saturated rings. The van der Waals surface area contributed by atoms with Gasteiger partial charge in [-0.2, -0.15) is 0 Å². The van der Waals surface area contributed by atoms with Crippen LogP contribution in [0.1, 0.15) is 16.7 Å². The molecule has 0 unspecified atom stereocenters. The molecule has 0 radical (unpaired) electrons. The normalized spacial score (nSPS) is 11.3. The highest BCUT2D eigenvalue weighted by molar-refractivity contribution is 5.79. The Morgan fingerprint density at radius 2 is 1.86 bits per heavy atom. The Bertz CT molecular complexity index is 811. The minimum atomic E-state index is -0.265. The summed E-state index contributed by atoms with van der Waals surface area (Å²) in [5.41, 5.74) is 2.50. The van der Waals surface area contributed by atoms with Crippen LogP contribution in [0, 0.1) is 5.82 Å². The van der Waals surface area contributed by atoms with Crippen LogP contribution < -0.4 is 14.8 Å². The number of aliphatic imine (C=N–C) groups is 1. The molecule has 0 aliphatic rings. The van der Waals surface area contributed by atoms with Crippen molar-refractivity contribution < 1.29 is 18.6 Å². The van der Waals surface area contributed by atoms with E-state index in [9.17, 15) is 4.39 Å². The van der Waals surface area contributed by atoms with Crippen LogP contribution in [0.15, 0.2) is 41.4 Å². The van der Waals surface area contributed by atoms with Crippen molar-refractivity contribution in [3.8, 4) is 11.5 Å². The summed E-state index contributed by atoms with van der Waals surface area (Å²) >= 11 is 0. The second-order valence-corrected chi connectivity index (χ2v) is 6.29. The molecule has 2 aromatic carbocycles. The molecule has 0 aliphatic carbocycles. The van der Waals surface area contributed by atoms with Gasteiger partial charge in [-0.1, -0.05) is 6.07 Å². The average molecular weight is 389 g/mol. The van der Waals surface area contributed by atoms with Gasteiger partial charge in [0.2, 0.25) is 0 Å². The summed E-state index contributed by atoms with van der Waals surface area (Å²) < 4.78 is 29.5. The molecule has 0 heterocycles. The molecule has 0 atom stereocenters. The van der Waals surface area contributed by atoms with Crippen molar-refractivity contribution >= 4 is 5.96 Å². The highest BCUT2D eigenvalue weighted by atomic mass is 19.1. The molecular weight excluding hydrogens is 361 g/mol. The van der Waals surface area contributed by atoms with Crippen molar-refractivity contribution in [2.24, 2.45) is 4.99 Å². The van der Waals surface area contributed by atoms with E-state index in [0.717, 1.165) is 28.6 Å². The van der Waals surface area contributed by atoms with Gasteiger partial charge in [-0.3, -0.25) is 4.99 Å². The molecule has 2 rings (SSSR count). The van der Waals surface area contributed by atoms with Crippen molar-refractivity contribution in [3.63, 3.8) is 0 Å². The lowest BCUT2D eigenvalue weighted by molar-refractivity contribution is 0.181. The summed E-state index contributed by atoms with van der Waals surface area (Å²) in [6.45, 7) is 1.37. The van der Waals surface area contributed by atoms with Crippen LogP contribution in [-0.2, 0) is 24.4 Å². The summed E-state index contributed by atoms with van der Waals surface area (Å²) in [6, 6.07) is 10.7. The Morgan fingerprint density at radius 3 is 2.50 bits per heavy atom. The zero-order chi connectivity index (χ0) is 20.5. The summed E-state index contributed by atoms with van der Waals surface area (Å²) in [6.07, 6.45) is 0. The van der Waals surface area contributed by atoms with Gasteiger partial charge in [-0.15, -0.1) is 0 Å². The van der Waals surface area contributed by atoms with E-state index in [4.69, 9.17) is 14.2 Å². The molecule has 2 aromatic rings. The topological polar surface area (TPSA) is 55.3 Å². The number of benzene rings is 2. The van der Waals surface area contributed by atoms with Crippen molar-refractivity contribution in [3.05, 3.63) is 58.9 Å². The molecule has 6 nitrogen and oxygen atoms in total. The second-order valence-electron chi connectivity index (χ2n) is 6.29. The van der Waals surface area contributed by atoms with Gasteiger partial charge in [0.05, 0.1) is 20.8 Å². The molecule has 0 aliphatic heterocycles. The number of hydrogen-bond donors (Lipinski definition) is 1. The Hall–Kier alpha value is -2.80. The predicted octanol–water partition coefficient (Wildman–Crippen LogP) is 3.20. The van der Waals surface area contributed by atoms with Gasteiger partial charge in [-0.25, -0.2) is 4.39 Å². The van der Waals surface area contributed by atoms with Crippen LogP contribution in [0.5, 0.6) is 11.5 Å². The van der Waals surface area contributed by atoms with Crippen LogP contribution in [0.3, 0.4) is 0 Å². The fourth-order valence-corrected chi connectivity index (χ4v) is 2.88. The molecule has 0 spiro atoms. The zero-order valence-corrected chi connectivity index (χ0v) is 17.1. The van der Waals surface area contributed by atoms with E-state index in [1.807, 2.05) is 30.1 Å². The third kappa shape index (κ3) is 5.60. The predicted molar refractivity (Wildman–Crippen MR) is 108 cm³/mol. The molecule has 0 saturated heterocycles. The molecule has 1 N–H and O–H groups in total. The Labute approximate surface area is 165 Å². The Balaban J connectivity index is 2.04. The maximum Gasteiger partial charge on any atom is 0.193 e. The van der Waals surface area contributed by atoms with E-state index in [-0.39, 0.29) is 12.4 Å². The molecule has 7 heteroatoms. The van der Waals surface area contributed by atoms with Gasteiger partial charge in [0.25, 0.3) is 0 Å². The van der Waals surface area contributed by atoms with Crippen LogP contribution >= 0.6 is 0 Å². The number of methoxy groups -OCH3 is 3. The summed E-state index contributed by atoms with van der Waals surface area (Å²) in [5, 5.41) is 3.30. The number of nitrogens with one attached hydrogen (secondary N) is 1. The maximum absolute atomic E-state index is 13.8. The standard InChI is InChI=1S/C21H28FN3O3/c1-23-21(24-12-15-6-9-19(22)17(10-15)14-26-3)25(2)13-16-7-8-18(27-4)11-20(16)28-5/h6-11H,12-14H2,1-5H3,(H,23,24). The van der Waals surface area contributed by atoms with Crippen molar-refractivity contribution in [1.82, 2.24) is 10.2 Å². The highest BCUT2D eigenvalue weighted by Gasteiger charge is 2.12. The molecule has 0 bridgehead atoms. The quantitative estimate of drug-likeness (QED) is 0.555. The minimum Gasteiger partial charge on any atom is -0.497 e. The SMILES string of the molecule is CN=C(NCc1ccc(F)c(COC)c1)N(C)Cc1ccc(OC)cc1OC. The second kappa shape index (κ2) is 10.5. The van der Waals surface area contributed by atoms with E-state index in [2.05, 4.69) is 10.3 Å². The molecule has 0 saturated carbocycles. The van der Waals surface area contributed by atoms with Gasteiger partial charge in [0.1, 0.15) is 17.3 Å². The van der Waals surface area contributed by atoms with E-state index < -0.39 is 0 Å². The van der Waals surface area contributed by atoms with Gasteiger partial charge in [0.15, 0.2) is 5.96 Å². The lowest BCUT2D eigenvalue weighted by atomic mass is 10.1. The van der Waals surface area contributed by atoms with Gasteiger partial charge >= 0.3 is 0 Å². The van der Waals surface area contributed by atoms with E-state index in [1.165, 1.54) is 6.07 Å². The third-order valence-corrected chi connectivity index (χ3v) is 4.34. The van der Waals surface area contributed by atoms with Gasteiger partial charge < -0.3 is 24.4 Å². The first-order chi connectivity index (χ1) is 13.5. The number of ether oxygens (including phenoxy) is 3. The summed E-state index contributed by atoms with van der Waals surface area (Å²) in [5.74, 6) is 1.95. The molecular formula is C21H28FN3O3. The average Bonchev–Trinajstić information content (AvgIpc) is 2.71. The maximum atomic E-state index is 13.8. The monoisotopic (exact) mass is 389 g/mol. The van der Waals surface area contributed by atoms with E-state index >= 15 is 0 Å². The van der Waals surface area contributed by atoms with Crippen molar-refractivity contribution in [1.29, 1.82) is 0 Å². The lowest BCUT2D eigenvalue weighted by Crippen LogP contribution is -2.38. The molecule has 0 amide bonds. The molecule has 28 heavy (non-hydrogen) atoms. The van der Waals surface area contributed by atoms with Gasteiger partial charge in [0, 0.05) is 51.5 Å². The first kappa shape index (κ1) is 21.5. The first-order valence-corrected chi connectivity index (χ1v) is 8.91. The van der Waals surface area contributed by atoms with Crippen molar-refractivity contribution in [2.45, 2.75) is 19.7 Å². The Morgan fingerprint density at radius 1 is 1.07 bits per heavy atom. The lowest BCUT2D eigenvalue weighted by Gasteiger charge is -2.23. The minimum absolute atomic E-state index is 0.242. The summed E-state index contributed by atoms with van der Waals surface area (Å²) in [4.78, 5) is 6.32. The Kier molecular flexibility index (Phi) is 8.07. The zero-order valence-electron chi connectivity index (χ0n) is 17.1. The highest BCUT2D eigenvalue weighted by Crippen LogP contribution is 2.25. The first-order valence-electron chi connectivity index (χ1n) is 8.91. The number of halogens is 1. The van der Waals surface area contributed by atoms with Crippen molar-refractivity contribution in [2.75, 3.05) is 35.4 Å². The number of nitrogens with zero attached hydrogens (tertiary/aromatic N) is 2. The molecule has 152 valence electrons. The van der Waals surface area contributed by atoms with Crippen LogP contribution in [0.25, 0.3) is 0 Å². The van der Waals surface area contributed by atoms with Crippen LogP contribution in [0.2, 0.25) is 0 Å². The smallest absolute Gasteiger partial charge is 0.193 e. The fraction of sp³-hybridized carbons (Fsp3) is 0.381. The van der Waals surface area contributed by atoms with E-state index in [0.29, 0.717) is 18.7 Å². The largest absolute Gasteiger partial charge is 0.497 e. The number of hydrogen-bond acceptors (Lipinski definition) is 4. The number of rotatable bonds is 8. The van der Waals surface area contributed by atoms with Crippen LogP contribution in [-0.4, -0.2) is 46.3 Å². The third-order valence-electron chi connectivity index (χ3n) is 4.34. The van der Waals surface area contributed by atoms with Gasteiger partial charge in [-0.05, 0) is 29.8 Å². The fourth-order valence-electron chi connectivity index (χ4n) is 2.88. The number of guanidine groups is 1. The van der Waals surface area contributed by atoms with Crippen LogP contribution in [0.4, 0.5) is 4.39 Å². The van der Waals surface area contributed by atoms with E-state index in [1.54, 1.807) is 40.5 Å².